The number of para-hydroxylation sites is 1. The highest BCUT2D eigenvalue weighted by molar-refractivity contribution is 6.05. The Morgan fingerprint density at radius 1 is 0.939 bits per heavy atom. The topological polar surface area (TPSA) is 77.5 Å². The molecule has 0 bridgehead atoms. The lowest BCUT2D eigenvalue weighted by Gasteiger charge is -2.11. The van der Waals surface area contributed by atoms with Gasteiger partial charge in [0.2, 0.25) is 0 Å². The third-order valence-electron chi connectivity index (χ3n) is 5.07. The number of carbonyl (C=O) groups is 2. The van der Waals surface area contributed by atoms with E-state index < -0.39 is 18.5 Å². The lowest BCUT2D eigenvalue weighted by Crippen LogP contribution is -2.21. The molecule has 0 atom stereocenters. The van der Waals surface area contributed by atoms with E-state index in [-0.39, 0.29) is 0 Å². The fourth-order valence-electron chi connectivity index (χ4n) is 3.42. The Kier molecular flexibility index (Phi) is 6.64. The maximum Gasteiger partial charge on any atom is 0.339 e. The van der Waals surface area contributed by atoms with Gasteiger partial charge in [-0.2, -0.15) is 0 Å². The monoisotopic (exact) mass is 440 g/mol. The molecule has 0 aliphatic rings. The van der Waals surface area contributed by atoms with Crippen LogP contribution in [0.15, 0.2) is 78.9 Å². The van der Waals surface area contributed by atoms with Crippen LogP contribution in [0.2, 0.25) is 0 Å². The second kappa shape index (κ2) is 9.96. The summed E-state index contributed by atoms with van der Waals surface area (Å²) in [5.74, 6) is -0.288. The van der Waals surface area contributed by atoms with Crippen molar-refractivity contribution < 1.29 is 19.1 Å². The van der Waals surface area contributed by atoms with Crippen molar-refractivity contribution in [3.05, 3.63) is 90.0 Å². The molecule has 0 radical (unpaired) electrons. The predicted molar refractivity (Wildman–Crippen MR) is 128 cm³/mol. The molecule has 1 N–H and O–H groups in total. The Morgan fingerprint density at radius 2 is 1.67 bits per heavy atom. The van der Waals surface area contributed by atoms with Crippen LogP contribution in [0, 0.1) is 6.92 Å². The van der Waals surface area contributed by atoms with Gasteiger partial charge in [-0.3, -0.25) is 4.79 Å². The number of ether oxygens (including phenoxy) is 2. The van der Waals surface area contributed by atoms with Crippen LogP contribution in [-0.4, -0.2) is 30.1 Å². The van der Waals surface area contributed by atoms with Gasteiger partial charge in [0.05, 0.1) is 23.4 Å². The molecule has 166 valence electrons. The van der Waals surface area contributed by atoms with E-state index in [1.165, 1.54) is 0 Å². The fraction of sp³-hybridized carbons (Fsp3) is 0.148. The lowest BCUT2D eigenvalue weighted by atomic mass is 10.0. The standard InChI is InChI=1S/C27H24N2O4/c1-3-32-21-14-12-20(13-15-21)28-26(30)17-33-27(31)23-16-25(19-10-8-18(2)9-11-19)29-24-7-5-4-6-22(23)24/h4-16H,3,17H2,1-2H3,(H,28,30). The molecule has 0 unspecified atom stereocenters. The summed E-state index contributed by atoms with van der Waals surface area (Å²) in [5.41, 5.74) is 4.34. The summed E-state index contributed by atoms with van der Waals surface area (Å²) in [6.45, 7) is 4.08. The summed E-state index contributed by atoms with van der Waals surface area (Å²) in [4.78, 5) is 29.9. The number of carbonyl (C=O) groups excluding carboxylic acids is 2. The van der Waals surface area contributed by atoms with E-state index in [0.29, 0.717) is 34.5 Å². The number of rotatable bonds is 7. The van der Waals surface area contributed by atoms with E-state index in [9.17, 15) is 9.59 Å². The van der Waals surface area contributed by atoms with E-state index in [1.54, 1.807) is 30.3 Å². The van der Waals surface area contributed by atoms with E-state index in [2.05, 4.69) is 5.32 Å². The summed E-state index contributed by atoms with van der Waals surface area (Å²) in [5, 5.41) is 3.39. The second-order valence-corrected chi connectivity index (χ2v) is 7.52. The molecule has 6 nitrogen and oxygen atoms in total. The molecule has 33 heavy (non-hydrogen) atoms. The zero-order valence-corrected chi connectivity index (χ0v) is 18.5. The third-order valence-corrected chi connectivity index (χ3v) is 5.07. The first-order chi connectivity index (χ1) is 16.0. The number of pyridine rings is 1. The molecule has 0 fully saturated rings. The van der Waals surface area contributed by atoms with Crippen LogP contribution in [0.4, 0.5) is 5.69 Å². The average Bonchev–Trinajstić information content (AvgIpc) is 2.83. The molecule has 6 heteroatoms. The maximum absolute atomic E-state index is 12.9. The molecule has 1 heterocycles. The van der Waals surface area contributed by atoms with E-state index in [1.807, 2.05) is 62.4 Å². The van der Waals surface area contributed by atoms with Gasteiger partial charge in [0, 0.05) is 16.6 Å². The van der Waals surface area contributed by atoms with Crippen LogP contribution in [0.1, 0.15) is 22.8 Å². The van der Waals surface area contributed by atoms with Gasteiger partial charge in [-0.15, -0.1) is 0 Å². The molecular formula is C27H24N2O4. The number of hydrogen-bond acceptors (Lipinski definition) is 5. The van der Waals surface area contributed by atoms with E-state index in [4.69, 9.17) is 14.5 Å². The number of fused-ring (bicyclic) bond motifs is 1. The van der Waals surface area contributed by atoms with Gasteiger partial charge < -0.3 is 14.8 Å². The number of nitrogens with zero attached hydrogens (tertiary/aromatic N) is 1. The van der Waals surface area contributed by atoms with Crippen molar-refractivity contribution >= 4 is 28.5 Å². The number of anilines is 1. The average molecular weight is 440 g/mol. The second-order valence-electron chi connectivity index (χ2n) is 7.52. The Labute approximate surface area is 192 Å². The van der Waals surface area contributed by atoms with Crippen LogP contribution in [0.5, 0.6) is 5.75 Å². The molecule has 4 aromatic rings. The first kappa shape index (κ1) is 22.0. The van der Waals surface area contributed by atoms with Gasteiger partial charge in [0.25, 0.3) is 5.91 Å². The van der Waals surface area contributed by atoms with Crippen LogP contribution in [0.25, 0.3) is 22.2 Å². The zero-order chi connectivity index (χ0) is 23.2. The summed E-state index contributed by atoms with van der Waals surface area (Å²) in [7, 11) is 0. The van der Waals surface area contributed by atoms with Crippen molar-refractivity contribution in [3.8, 4) is 17.0 Å². The van der Waals surface area contributed by atoms with Crippen molar-refractivity contribution in [3.63, 3.8) is 0 Å². The number of amides is 1. The minimum Gasteiger partial charge on any atom is -0.494 e. The van der Waals surface area contributed by atoms with Gasteiger partial charge in [-0.05, 0) is 50.2 Å². The van der Waals surface area contributed by atoms with Crippen molar-refractivity contribution in [2.45, 2.75) is 13.8 Å². The largest absolute Gasteiger partial charge is 0.494 e. The Hall–Kier alpha value is -4.19. The van der Waals surface area contributed by atoms with Gasteiger partial charge in [0.1, 0.15) is 5.75 Å². The van der Waals surface area contributed by atoms with Gasteiger partial charge in [0.15, 0.2) is 6.61 Å². The normalized spacial score (nSPS) is 10.6. The van der Waals surface area contributed by atoms with Crippen molar-refractivity contribution in [2.75, 3.05) is 18.5 Å². The number of aromatic nitrogens is 1. The number of nitrogens with one attached hydrogen (secondary N) is 1. The van der Waals surface area contributed by atoms with Crippen LogP contribution in [-0.2, 0) is 9.53 Å². The van der Waals surface area contributed by atoms with Crippen LogP contribution < -0.4 is 10.1 Å². The highest BCUT2D eigenvalue weighted by atomic mass is 16.5. The summed E-state index contributed by atoms with van der Waals surface area (Å²) in [6.07, 6.45) is 0. The molecule has 0 saturated carbocycles. The van der Waals surface area contributed by atoms with E-state index in [0.717, 1.165) is 16.9 Å². The molecule has 0 saturated heterocycles. The van der Waals surface area contributed by atoms with E-state index >= 15 is 0 Å². The molecular weight excluding hydrogens is 416 g/mol. The fourth-order valence-corrected chi connectivity index (χ4v) is 3.42. The lowest BCUT2D eigenvalue weighted by molar-refractivity contribution is -0.119. The molecule has 0 aliphatic heterocycles. The number of benzene rings is 3. The Bertz CT molecular complexity index is 1280. The highest BCUT2D eigenvalue weighted by Gasteiger charge is 2.16. The smallest absolute Gasteiger partial charge is 0.339 e. The maximum atomic E-state index is 12.9. The zero-order valence-electron chi connectivity index (χ0n) is 18.5. The van der Waals surface area contributed by atoms with Crippen molar-refractivity contribution in [1.82, 2.24) is 4.98 Å². The SMILES string of the molecule is CCOc1ccc(NC(=O)COC(=O)c2cc(-c3ccc(C)cc3)nc3ccccc23)cc1. The van der Waals surface area contributed by atoms with Gasteiger partial charge >= 0.3 is 5.97 Å². The predicted octanol–water partition coefficient (Wildman–Crippen LogP) is 5.40. The van der Waals surface area contributed by atoms with Gasteiger partial charge in [-0.1, -0.05) is 48.0 Å². The third kappa shape index (κ3) is 5.36. The minimum absolute atomic E-state index is 0.366. The minimum atomic E-state index is -0.580. The van der Waals surface area contributed by atoms with Crippen molar-refractivity contribution in [2.24, 2.45) is 0 Å². The van der Waals surface area contributed by atoms with Crippen molar-refractivity contribution in [1.29, 1.82) is 0 Å². The van der Waals surface area contributed by atoms with Gasteiger partial charge in [-0.25, -0.2) is 9.78 Å². The molecule has 1 amide bonds. The summed E-state index contributed by atoms with van der Waals surface area (Å²) < 4.78 is 10.7. The van der Waals surface area contributed by atoms with Crippen LogP contribution in [0.3, 0.4) is 0 Å². The molecule has 3 aromatic carbocycles. The Morgan fingerprint density at radius 3 is 2.39 bits per heavy atom. The molecule has 4 rings (SSSR count). The number of esters is 1. The molecule has 0 spiro atoms. The molecule has 1 aromatic heterocycles. The number of aryl methyl sites for hydroxylation is 1. The Balaban J connectivity index is 1.50. The quantitative estimate of drug-likeness (QED) is 0.389. The van der Waals surface area contributed by atoms with Crippen LogP contribution >= 0.6 is 0 Å². The summed E-state index contributed by atoms with van der Waals surface area (Å²) in [6, 6.07) is 24.0. The molecule has 0 aliphatic carbocycles. The summed E-state index contributed by atoms with van der Waals surface area (Å²) >= 11 is 0. The highest BCUT2D eigenvalue weighted by Crippen LogP contribution is 2.26. The first-order valence-corrected chi connectivity index (χ1v) is 10.7. The number of hydrogen-bond donors (Lipinski definition) is 1. The first-order valence-electron chi connectivity index (χ1n) is 10.7.